The second kappa shape index (κ2) is 7.04. The molecule has 0 aromatic rings. The lowest BCUT2D eigenvalue weighted by atomic mass is 10.0. The Morgan fingerprint density at radius 3 is 2.52 bits per heavy atom. The summed E-state index contributed by atoms with van der Waals surface area (Å²) >= 11 is 0. The summed E-state index contributed by atoms with van der Waals surface area (Å²) in [6.45, 7) is 2.96. The highest BCUT2D eigenvalue weighted by molar-refractivity contribution is 7.89. The number of carbonyl (C=O) groups is 1. The monoisotopic (exact) mass is 319 g/mol. The number of methoxy groups -OCH3 is 1. The van der Waals surface area contributed by atoms with E-state index in [1.54, 1.807) is 0 Å². The summed E-state index contributed by atoms with van der Waals surface area (Å²) in [5.74, 6) is -0.656. The van der Waals surface area contributed by atoms with E-state index >= 15 is 0 Å². The molecule has 0 radical (unpaired) electrons. The van der Waals surface area contributed by atoms with Gasteiger partial charge in [-0.2, -0.15) is 0 Å². The first-order chi connectivity index (χ1) is 9.92. The lowest BCUT2D eigenvalue weighted by Crippen LogP contribution is -2.46. The minimum Gasteiger partial charge on any atom is -0.469 e. The molecule has 8 heteroatoms. The van der Waals surface area contributed by atoms with Gasteiger partial charge in [0, 0.05) is 25.2 Å². The van der Waals surface area contributed by atoms with Gasteiger partial charge >= 0.3 is 5.97 Å². The van der Waals surface area contributed by atoms with Crippen LogP contribution in [0.15, 0.2) is 0 Å². The summed E-state index contributed by atoms with van der Waals surface area (Å²) in [5.41, 5.74) is 5.90. The van der Waals surface area contributed by atoms with E-state index < -0.39 is 16.0 Å². The van der Waals surface area contributed by atoms with Crippen molar-refractivity contribution < 1.29 is 17.9 Å². The van der Waals surface area contributed by atoms with Crippen LogP contribution in [0.25, 0.3) is 0 Å². The highest BCUT2D eigenvalue weighted by atomic mass is 32.2. The fourth-order valence-electron chi connectivity index (χ4n) is 2.99. The van der Waals surface area contributed by atoms with Gasteiger partial charge in [0.25, 0.3) is 0 Å². The maximum absolute atomic E-state index is 12.2. The highest BCUT2D eigenvalue weighted by Gasteiger charge is 2.35. The van der Waals surface area contributed by atoms with Crippen LogP contribution in [0.1, 0.15) is 25.7 Å². The smallest absolute Gasteiger partial charge is 0.306 e. The molecule has 0 amide bonds. The van der Waals surface area contributed by atoms with E-state index in [-0.39, 0.29) is 24.3 Å². The number of rotatable bonds is 5. The molecule has 7 nitrogen and oxygen atoms in total. The quantitative estimate of drug-likeness (QED) is 0.679. The van der Waals surface area contributed by atoms with E-state index in [0.717, 1.165) is 32.4 Å². The molecule has 0 aromatic carbocycles. The molecule has 2 aliphatic rings. The van der Waals surface area contributed by atoms with Crippen molar-refractivity contribution in [2.24, 2.45) is 5.73 Å². The van der Waals surface area contributed by atoms with E-state index in [1.165, 1.54) is 11.4 Å². The number of esters is 1. The van der Waals surface area contributed by atoms with Gasteiger partial charge in [0.15, 0.2) is 0 Å². The van der Waals surface area contributed by atoms with Crippen molar-refractivity contribution in [3.8, 4) is 0 Å². The predicted octanol–water partition coefficient (Wildman–Crippen LogP) is -0.623. The molecule has 0 aliphatic carbocycles. The fraction of sp³-hybridized carbons (Fsp3) is 0.923. The number of ether oxygens (including phenoxy) is 1. The summed E-state index contributed by atoms with van der Waals surface area (Å²) < 4.78 is 30.4. The van der Waals surface area contributed by atoms with Gasteiger partial charge in [-0.25, -0.2) is 12.7 Å². The molecular weight excluding hydrogens is 294 g/mol. The largest absolute Gasteiger partial charge is 0.469 e. The molecule has 0 spiro atoms. The Kier molecular flexibility index (Phi) is 5.59. The zero-order chi connectivity index (χ0) is 15.5. The minimum absolute atomic E-state index is 0.0848. The van der Waals surface area contributed by atoms with Gasteiger partial charge in [-0.05, 0) is 32.4 Å². The van der Waals surface area contributed by atoms with Gasteiger partial charge in [-0.1, -0.05) is 0 Å². The maximum Gasteiger partial charge on any atom is 0.306 e. The highest BCUT2D eigenvalue weighted by Crippen LogP contribution is 2.22. The van der Waals surface area contributed by atoms with Crippen LogP contribution in [0.2, 0.25) is 0 Å². The molecule has 2 N–H and O–H groups in total. The Balaban J connectivity index is 1.85. The number of sulfonamides is 1. The Hall–Kier alpha value is -0.700. The third-order valence-electron chi connectivity index (χ3n) is 4.40. The molecule has 2 saturated heterocycles. The summed E-state index contributed by atoms with van der Waals surface area (Å²) in [7, 11) is -2.10. The van der Waals surface area contributed by atoms with E-state index in [9.17, 15) is 13.2 Å². The average molecular weight is 319 g/mol. The Bertz CT molecular complexity index is 460. The van der Waals surface area contributed by atoms with Gasteiger partial charge in [0.2, 0.25) is 10.0 Å². The third kappa shape index (κ3) is 4.38. The Labute approximate surface area is 126 Å². The number of nitrogens with two attached hydrogens (primary N) is 1. The zero-order valence-corrected chi connectivity index (χ0v) is 13.3. The number of hydrogen-bond donors (Lipinski definition) is 1. The van der Waals surface area contributed by atoms with Crippen LogP contribution in [-0.2, 0) is 19.6 Å². The topological polar surface area (TPSA) is 92.9 Å². The molecule has 2 heterocycles. The Morgan fingerprint density at radius 1 is 1.24 bits per heavy atom. The van der Waals surface area contributed by atoms with Crippen molar-refractivity contribution in [2.75, 3.05) is 39.0 Å². The van der Waals surface area contributed by atoms with Crippen molar-refractivity contribution in [1.82, 2.24) is 9.21 Å². The van der Waals surface area contributed by atoms with Gasteiger partial charge in [0.05, 0.1) is 19.3 Å². The predicted molar refractivity (Wildman–Crippen MR) is 79.2 cm³/mol. The minimum atomic E-state index is -3.37. The molecular formula is C13H25N3O4S. The number of carbonyl (C=O) groups excluding carboxylic acids is 1. The van der Waals surface area contributed by atoms with Crippen LogP contribution in [0, 0.1) is 0 Å². The standard InChI is InChI=1S/C13H25N3O4S/c1-20-13(17)5-9-21(18,19)16-8-4-12(10-16)15-6-2-11(14)3-7-15/h11-12H,2-10,14H2,1H3. The van der Waals surface area contributed by atoms with Crippen LogP contribution in [-0.4, -0.2) is 74.7 Å². The molecule has 0 saturated carbocycles. The number of piperidine rings is 1. The molecule has 0 bridgehead atoms. The first kappa shape index (κ1) is 16.7. The summed E-state index contributed by atoms with van der Waals surface area (Å²) in [5, 5.41) is 0. The average Bonchev–Trinajstić information content (AvgIpc) is 2.96. The first-order valence-electron chi connectivity index (χ1n) is 7.46. The summed E-state index contributed by atoms with van der Waals surface area (Å²) in [6.07, 6.45) is 2.72. The maximum atomic E-state index is 12.2. The zero-order valence-electron chi connectivity index (χ0n) is 12.5. The van der Waals surface area contributed by atoms with Crippen molar-refractivity contribution in [1.29, 1.82) is 0 Å². The van der Waals surface area contributed by atoms with Crippen molar-refractivity contribution in [3.05, 3.63) is 0 Å². The Morgan fingerprint density at radius 2 is 1.90 bits per heavy atom. The fourth-order valence-corrected chi connectivity index (χ4v) is 4.45. The van der Waals surface area contributed by atoms with E-state index in [2.05, 4.69) is 9.64 Å². The van der Waals surface area contributed by atoms with Crippen molar-refractivity contribution in [3.63, 3.8) is 0 Å². The second-order valence-electron chi connectivity index (χ2n) is 5.82. The van der Waals surface area contributed by atoms with Gasteiger partial charge < -0.3 is 10.5 Å². The first-order valence-corrected chi connectivity index (χ1v) is 9.07. The molecule has 2 aliphatic heterocycles. The number of nitrogens with zero attached hydrogens (tertiary/aromatic N) is 2. The van der Waals surface area contributed by atoms with Crippen LogP contribution in [0.3, 0.4) is 0 Å². The van der Waals surface area contributed by atoms with Crippen LogP contribution in [0.4, 0.5) is 0 Å². The lowest BCUT2D eigenvalue weighted by molar-refractivity contribution is -0.140. The molecule has 122 valence electrons. The molecule has 2 rings (SSSR count). The van der Waals surface area contributed by atoms with Crippen LogP contribution < -0.4 is 5.73 Å². The van der Waals surface area contributed by atoms with Crippen LogP contribution >= 0.6 is 0 Å². The summed E-state index contributed by atoms with van der Waals surface area (Å²) in [4.78, 5) is 13.4. The van der Waals surface area contributed by atoms with Gasteiger partial charge in [-0.15, -0.1) is 0 Å². The van der Waals surface area contributed by atoms with Crippen molar-refractivity contribution >= 4 is 16.0 Å². The van der Waals surface area contributed by atoms with Gasteiger partial charge in [0.1, 0.15) is 0 Å². The number of hydrogen-bond acceptors (Lipinski definition) is 6. The van der Waals surface area contributed by atoms with Crippen molar-refractivity contribution in [2.45, 2.75) is 37.8 Å². The summed E-state index contributed by atoms with van der Waals surface area (Å²) in [6, 6.07) is 0.563. The second-order valence-corrected chi connectivity index (χ2v) is 7.90. The molecule has 2 fully saturated rings. The normalized spacial score (nSPS) is 26.1. The van der Waals surface area contributed by atoms with E-state index in [4.69, 9.17) is 5.73 Å². The SMILES string of the molecule is COC(=O)CCS(=O)(=O)N1CCC(N2CCC(N)CC2)C1. The molecule has 1 atom stereocenters. The van der Waals surface area contributed by atoms with Gasteiger partial charge in [-0.3, -0.25) is 9.69 Å². The van der Waals surface area contributed by atoms with E-state index in [1.807, 2.05) is 0 Å². The van der Waals surface area contributed by atoms with Crippen LogP contribution in [0.5, 0.6) is 0 Å². The van der Waals surface area contributed by atoms with E-state index in [0.29, 0.717) is 13.1 Å². The number of likely N-dealkylation sites (tertiary alicyclic amines) is 1. The third-order valence-corrected chi connectivity index (χ3v) is 6.24. The molecule has 0 aromatic heterocycles. The molecule has 21 heavy (non-hydrogen) atoms. The molecule has 1 unspecified atom stereocenters. The lowest BCUT2D eigenvalue weighted by Gasteiger charge is -2.34.